The molecule has 0 saturated carbocycles. The third kappa shape index (κ3) is 4.46. The first-order valence-corrected chi connectivity index (χ1v) is 7.80. The van der Waals surface area contributed by atoms with Crippen molar-refractivity contribution in [1.29, 1.82) is 0 Å². The Labute approximate surface area is 145 Å². The summed E-state index contributed by atoms with van der Waals surface area (Å²) in [7, 11) is 3.13. The highest BCUT2D eigenvalue weighted by Gasteiger charge is 2.17. The van der Waals surface area contributed by atoms with Crippen LogP contribution >= 0.6 is 11.6 Å². The molecule has 0 fully saturated rings. The zero-order valence-electron chi connectivity index (χ0n) is 13.5. The highest BCUT2D eigenvalue weighted by atomic mass is 35.5. The van der Waals surface area contributed by atoms with Crippen LogP contribution in [0, 0.1) is 5.82 Å². The second kappa shape index (κ2) is 8.66. The van der Waals surface area contributed by atoms with E-state index in [1.165, 1.54) is 12.1 Å². The predicted octanol–water partition coefficient (Wildman–Crippen LogP) is 3.53. The van der Waals surface area contributed by atoms with Crippen LogP contribution in [0.25, 0.3) is 0 Å². The number of carbonyl (C=O) groups is 1. The molecule has 24 heavy (non-hydrogen) atoms. The minimum absolute atomic E-state index is 0.131. The van der Waals surface area contributed by atoms with E-state index in [1.54, 1.807) is 20.3 Å². The van der Waals surface area contributed by atoms with Gasteiger partial charge in [-0.15, -0.1) is 0 Å². The van der Waals surface area contributed by atoms with Crippen molar-refractivity contribution in [2.45, 2.75) is 12.5 Å². The van der Waals surface area contributed by atoms with Crippen molar-refractivity contribution in [2.75, 3.05) is 20.8 Å². The number of rotatable bonds is 7. The van der Waals surface area contributed by atoms with Crippen molar-refractivity contribution in [3.05, 3.63) is 64.4 Å². The van der Waals surface area contributed by atoms with Crippen molar-refractivity contribution in [3.63, 3.8) is 0 Å². The molecule has 0 spiro atoms. The van der Waals surface area contributed by atoms with Gasteiger partial charge < -0.3 is 14.8 Å². The van der Waals surface area contributed by atoms with Gasteiger partial charge in [-0.3, -0.25) is 4.79 Å². The monoisotopic (exact) mass is 351 g/mol. The highest BCUT2D eigenvalue weighted by molar-refractivity contribution is 6.31. The van der Waals surface area contributed by atoms with E-state index in [1.807, 2.05) is 24.3 Å². The average molecular weight is 352 g/mol. The molecule has 0 unspecified atom stereocenters. The van der Waals surface area contributed by atoms with Crippen molar-refractivity contribution < 1.29 is 18.7 Å². The number of halogens is 2. The van der Waals surface area contributed by atoms with Crippen LogP contribution in [0.1, 0.15) is 17.2 Å². The Hall–Kier alpha value is -2.11. The smallest absolute Gasteiger partial charge is 0.224 e. The van der Waals surface area contributed by atoms with E-state index in [0.29, 0.717) is 5.75 Å². The second-order valence-electron chi connectivity index (χ2n) is 5.15. The van der Waals surface area contributed by atoms with Gasteiger partial charge in [-0.2, -0.15) is 0 Å². The summed E-state index contributed by atoms with van der Waals surface area (Å²) in [4.78, 5) is 12.1. The summed E-state index contributed by atoms with van der Waals surface area (Å²) >= 11 is 5.94. The van der Waals surface area contributed by atoms with E-state index in [4.69, 9.17) is 21.1 Å². The molecular formula is C18H19ClFNO3. The molecule has 128 valence electrons. The molecule has 0 saturated heterocycles. The standard InChI is InChI=1S/C18H19ClFNO3/c1-23-16-9-4-3-6-12(16)17(24-2)11-21-18(22)10-13-14(19)7-5-8-15(13)20/h3-9,17H,10-11H2,1-2H3,(H,21,22)/t17-/m0/s1. The molecule has 0 heterocycles. The number of benzene rings is 2. The minimum Gasteiger partial charge on any atom is -0.496 e. The van der Waals surface area contributed by atoms with Gasteiger partial charge in [0, 0.05) is 29.8 Å². The first-order chi connectivity index (χ1) is 11.6. The van der Waals surface area contributed by atoms with Gasteiger partial charge in [0.2, 0.25) is 5.91 Å². The van der Waals surface area contributed by atoms with Crippen molar-refractivity contribution >= 4 is 17.5 Å². The van der Waals surface area contributed by atoms with Gasteiger partial charge in [-0.25, -0.2) is 4.39 Å². The molecule has 0 aliphatic heterocycles. The van der Waals surface area contributed by atoms with E-state index in [9.17, 15) is 9.18 Å². The van der Waals surface area contributed by atoms with Gasteiger partial charge in [0.05, 0.1) is 13.5 Å². The molecule has 2 aromatic rings. The largest absolute Gasteiger partial charge is 0.496 e. The summed E-state index contributed by atoms with van der Waals surface area (Å²) in [6, 6.07) is 11.7. The lowest BCUT2D eigenvalue weighted by Gasteiger charge is -2.19. The van der Waals surface area contributed by atoms with Gasteiger partial charge in [-0.1, -0.05) is 35.9 Å². The highest BCUT2D eigenvalue weighted by Crippen LogP contribution is 2.26. The van der Waals surface area contributed by atoms with Gasteiger partial charge in [-0.05, 0) is 18.2 Å². The Kier molecular flexibility index (Phi) is 6.58. The maximum Gasteiger partial charge on any atom is 0.224 e. The Bertz CT molecular complexity index is 688. The normalized spacial score (nSPS) is 11.8. The van der Waals surface area contributed by atoms with Gasteiger partial charge in [0.25, 0.3) is 0 Å². The molecule has 0 aliphatic carbocycles. The number of amides is 1. The van der Waals surface area contributed by atoms with Crippen LogP contribution in [-0.4, -0.2) is 26.7 Å². The molecule has 1 N–H and O–H groups in total. The SMILES string of the molecule is COc1ccccc1[C@H](CNC(=O)Cc1c(F)cccc1Cl)OC. The first-order valence-electron chi connectivity index (χ1n) is 7.42. The Balaban J connectivity index is 2.02. The molecular weight excluding hydrogens is 333 g/mol. The topological polar surface area (TPSA) is 47.6 Å². The maximum atomic E-state index is 13.7. The van der Waals surface area contributed by atoms with Gasteiger partial charge in [0.15, 0.2) is 0 Å². The van der Waals surface area contributed by atoms with E-state index in [-0.39, 0.29) is 35.6 Å². The number of methoxy groups -OCH3 is 2. The predicted molar refractivity (Wildman–Crippen MR) is 90.9 cm³/mol. The van der Waals surface area contributed by atoms with Crippen LogP contribution in [-0.2, 0) is 16.0 Å². The summed E-state index contributed by atoms with van der Waals surface area (Å²) in [6.07, 6.45) is -0.505. The van der Waals surface area contributed by atoms with Crippen LogP contribution < -0.4 is 10.1 Å². The fraction of sp³-hybridized carbons (Fsp3) is 0.278. The number of hydrogen-bond donors (Lipinski definition) is 1. The summed E-state index contributed by atoms with van der Waals surface area (Å²) in [6.45, 7) is 0.238. The molecule has 4 nitrogen and oxygen atoms in total. The maximum absolute atomic E-state index is 13.7. The second-order valence-corrected chi connectivity index (χ2v) is 5.55. The summed E-state index contributed by atoms with van der Waals surface area (Å²) in [5, 5.41) is 2.98. The van der Waals surface area contributed by atoms with Crippen LogP contribution in [0.15, 0.2) is 42.5 Å². The zero-order valence-corrected chi connectivity index (χ0v) is 14.3. The van der Waals surface area contributed by atoms with Crippen molar-refractivity contribution in [3.8, 4) is 5.75 Å². The lowest BCUT2D eigenvalue weighted by Crippen LogP contribution is -2.30. The van der Waals surface area contributed by atoms with E-state index < -0.39 is 5.82 Å². The minimum atomic E-state index is -0.495. The quantitative estimate of drug-likeness (QED) is 0.830. The molecule has 2 rings (SSSR count). The molecule has 0 radical (unpaired) electrons. The Morgan fingerprint density at radius 2 is 1.96 bits per heavy atom. The molecule has 1 amide bonds. The lowest BCUT2D eigenvalue weighted by molar-refractivity contribution is -0.121. The van der Waals surface area contributed by atoms with E-state index >= 15 is 0 Å². The fourth-order valence-corrected chi connectivity index (χ4v) is 2.61. The first kappa shape index (κ1) is 18.2. The number of para-hydroxylation sites is 1. The Morgan fingerprint density at radius 3 is 2.62 bits per heavy atom. The Morgan fingerprint density at radius 1 is 1.21 bits per heavy atom. The fourth-order valence-electron chi connectivity index (χ4n) is 2.38. The molecule has 1 atom stereocenters. The van der Waals surface area contributed by atoms with Crippen molar-refractivity contribution in [1.82, 2.24) is 5.32 Å². The molecule has 0 bridgehead atoms. The molecule has 0 aromatic heterocycles. The number of carbonyl (C=O) groups excluding carboxylic acids is 1. The van der Waals surface area contributed by atoms with E-state index in [2.05, 4.69) is 5.32 Å². The molecule has 0 aliphatic rings. The van der Waals surface area contributed by atoms with Gasteiger partial charge >= 0.3 is 0 Å². The lowest BCUT2D eigenvalue weighted by atomic mass is 10.1. The summed E-state index contributed by atoms with van der Waals surface area (Å²) in [5.41, 5.74) is 1.01. The van der Waals surface area contributed by atoms with E-state index in [0.717, 1.165) is 5.56 Å². The van der Waals surface area contributed by atoms with Crippen molar-refractivity contribution in [2.24, 2.45) is 0 Å². The van der Waals surface area contributed by atoms with Crippen LogP contribution in [0.5, 0.6) is 5.75 Å². The van der Waals surface area contributed by atoms with Crippen LogP contribution in [0.2, 0.25) is 5.02 Å². The number of nitrogens with one attached hydrogen (secondary N) is 1. The summed E-state index contributed by atoms with van der Waals surface area (Å²) in [5.74, 6) is -0.152. The average Bonchev–Trinajstić information content (AvgIpc) is 2.59. The molecule has 2 aromatic carbocycles. The third-order valence-corrected chi connectivity index (χ3v) is 4.01. The summed E-state index contributed by atoms with van der Waals surface area (Å²) < 4.78 is 24.5. The number of ether oxygens (including phenoxy) is 2. The molecule has 6 heteroatoms. The van der Waals surface area contributed by atoms with Crippen LogP contribution in [0.3, 0.4) is 0 Å². The third-order valence-electron chi connectivity index (χ3n) is 3.65. The number of hydrogen-bond acceptors (Lipinski definition) is 3. The van der Waals surface area contributed by atoms with Gasteiger partial charge in [0.1, 0.15) is 17.7 Å². The van der Waals surface area contributed by atoms with Crippen LogP contribution in [0.4, 0.5) is 4.39 Å². The zero-order chi connectivity index (χ0) is 17.5.